The van der Waals surface area contributed by atoms with E-state index in [0.717, 1.165) is 23.1 Å². The Balaban J connectivity index is 1.64. The van der Waals surface area contributed by atoms with Gasteiger partial charge in [0.25, 0.3) is 0 Å². The molecule has 0 aliphatic carbocycles. The maximum atomic E-state index is 14.3. The summed E-state index contributed by atoms with van der Waals surface area (Å²) in [6.45, 7) is 5.68. The van der Waals surface area contributed by atoms with E-state index in [1.54, 1.807) is 23.7 Å². The van der Waals surface area contributed by atoms with E-state index < -0.39 is 28.7 Å². The van der Waals surface area contributed by atoms with E-state index in [1.807, 2.05) is 62.4 Å². The normalized spacial score (nSPS) is 31.3. The largest absolute Gasteiger partial charge is 0.394 e. The molecule has 2 bridgehead atoms. The maximum Gasteiger partial charge on any atom is 0.248 e. The highest BCUT2D eigenvalue weighted by molar-refractivity contribution is 8.02. The van der Waals surface area contributed by atoms with Gasteiger partial charge in [-0.15, -0.1) is 11.8 Å². The Morgan fingerprint density at radius 1 is 1.17 bits per heavy atom. The Labute approximate surface area is 216 Å². The number of aliphatic hydroxyl groups excluding tert-OH is 1. The number of carbonyl (C=O) groups is 3. The van der Waals surface area contributed by atoms with Crippen molar-refractivity contribution in [3.63, 3.8) is 0 Å². The van der Waals surface area contributed by atoms with Crippen molar-refractivity contribution in [2.24, 2.45) is 17.8 Å². The number of rotatable bonds is 6. The van der Waals surface area contributed by atoms with Crippen molar-refractivity contribution in [2.75, 3.05) is 19.0 Å². The molecule has 3 unspecified atom stereocenters. The van der Waals surface area contributed by atoms with Crippen LogP contribution < -0.4 is 10.6 Å². The minimum absolute atomic E-state index is 0.0173. The molecule has 3 saturated heterocycles. The number of benzene rings is 2. The molecule has 3 amide bonds. The summed E-state index contributed by atoms with van der Waals surface area (Å²) in [7, 11) is 1.59. The zero-order valence-corrected chi connectivity index (χ0v) is 21.8. The number of nitrogens with zero attached hydrogens (tertiary/aromatic N) is 1. The van der Waals surface area contributed by atoms with Crippen molar-refractivity contribution in [1.29, 1.82) is 0 Å². The van der Waals surface area contributed by atoms with Crippen molar-refractivity contribution in [1.82, 2.24) is 10.2 Å². The number of amides is 3. The van der Waals surface area contributed by atoms with Gasteiger partial charge >= 0.3 is 0 Å². The summed E-state index contributed by atoms with van der Waals surface area (Å²) in [4.78, 5) is 43.1. The molecule has 36 heavy (non-hydrogen) atoms. The molecule has 7 atom stereocenters. The Kier molecular flexibility index (Phi) is 6.37. The third kappa shape index (κ3) is 3.57. The van der Waals surface area contributed by atoms with Crippen LogP contribution >= 0.6 is 11.8 Å². The highest BCUT2D eigenvalue weighted by Crippen LogP contribution is 2.69. The van der Waals surface area contributed by atoms with Crippen LogP contribution in [0.4, 0.5) is 5.69 Å². The van der Waals surface area contributed by atoms with E-state index >= 15 is 0 Å². The minimum Gasteiger partial charge on any atom is -0.394 e. The Morgan fingerprint density at radius 3 is 2.56 bits per heavy atom. The van der Waals surface area contributed by atoms with Crippen LogP contribution in [0.2, 0.25) is 0 Å². The van der Waals surface area contributed by atoms with Crippen molar-refractivity contribution in [2.45, 2.75) is 49.3 Å². The van der Waals surface area contributed by atoms with E-state index in [9.17, 15) is 19.5 Å². The second-order valence-corrected chi connectivity index (χ2v) is 11.9. The summed E-state index contributed by atoms with van der Waals surface area (Å²) >= 11 is 1.63. The molecule has 3 aliphatic rings. The summed E-state index contributed by atoms with van der Waals surface area (Å²) in [5.74, 6) is -1.73. The molecule has 1 spiro atoms. The number of nitrogens with one attached hydrogen (secondary N) is 2. The molecule has 0 aromatic heterocycles. The number of hydrogen-bond donors (Lipinski definition) is 3. The smallest absolute Gasteiger partial charge is 0.248 e. The Hall–Kier alpha value is -2.84. The summed E-state index contributed by atoms with van der Waals surface area (Å²) < 4.78 is -0.747. The van der Waals surface area contributed by atoms with Gasteiger partial charge in [-0.1, -0.05) is 49.4 Å². The van der Waals surface area contributed by atoms with Crippen molar-refractivity contribution in [3.8, 4) is 0 Å². The molecular weight excluding hydrogens is 474 g/mol. The van der Waals surface area contributed by atoms with Crippen molar-refractivity contribution < 1.29 is 19.5 Å². The fourth-order valence-corrected chi connectivity index (χ4v) is 9.07. The molecule has 3 fully saturated rings. The molecule has 3 aliphatic heterocycles. The van der Waals surface area contributed by atoms with E-state index in [2.05, 4.69) is 17.6 Å². The Bertz CT molecular complexity index is 1200. The van der Waals surface area contributed by atoms with Gasteiger partial charge in [-0.3, -0.25) is 14.4 Å². The monoisotopic (exact) mass is 507 g/mol. The second kappa shape index (κ2) is 9.23. The summed E-state index contributed by atoms with van der Waals surface area (Å²) in [6.07, 6.45) is 0.767. The fourth-order valence-electron chi connectivity index (χ4n) is 6.66. The zero-order chi connectivity index (χ0) is 25.8. The molecule has 5 rings (SSSR count). The lowest BCUT2D eigenvalue weighted by Crippen LogP contribution is -2.55. The van der Waals surface area contributed by atoms with Crippen LogP contribution in [0.5, 0.6) is 0 Å². The van der Waals surface area contributed by atoms with Gasteiger partial charge < -0.3 is 20.6 Å². The third-order valence-corrected chi connectivity index (χ3v) is 10.4. The number of likely N-dealkylation sites (tertiary alicyclic amines) is 1. The lowest BCUT2D eigenvalue weighted by molar-refractivity contribution is -0.142. The van der Waals surface area contributed by atoms with Crippen LogP contribution in [0.25, 0.3) is 0 Å². The van der Waals surface area contributed by atoms with Gasteiger partial charge in [0.2, 0.25) is 17.7 Å². The number of fused-ring (bicyclic) bond motifs is 1. The third-order valence-electron chi connectivity index (χ3n) is 8.32. The lowest BCUT2D eigenvalue weighted by atomic mass is 9.66. The second-order valence-electron chi connectivity index (χ2n) is 10.3. The molecule has 0 radical (unpaired) electrons. The van der Waals surface area contributed by atoms with Gasteiger partial charge in [0, 0.05) is 18.0 Å². The quantitative estimate of drug-likeness (QED) is 0.558. The first-order valence-corrected chi connectivity index (χ1v) is 13.4. The Morgan fingerprint density at radius 2 is 1.89 bits per heavy atom. The number of anilines is 1. The van der Waals surface area contributed by atoms with Crippen LogP contribution in [0.15, 0.2) is 48.5 Å². The van der Waals surface area contributed by atoms with E-state index in [1.165, 1.54) is 0 Å². The minimum atomic E-state index is -0.827. The molecule has 2 aromatic carbocycles. The first-order valence-electron chi connectivity index (χ1n) is 12.5. The zero-order valence-electron chi connectivity index (χ0n) is 21.0. The van der Waals surface area contributed by atoms with Gasteiger partial charge in [0.05, 0.1) is 29.2 Å². The van der Waals surface area contributed by atoms with Gasteiger partial charge in [0.1, 0.15) is 6.04 Å². The summed E-state index contributed by atoms with van der Waals surface area (Å²) in [6, 6.07) is 13.7. The predicted molar refractivity (Wildman–Crippen MR) is 140 cm³/mol. The van der Waals surface area contributed by atoms with Crippen LogP contribution in [-0.2, 0) is 14.4 Å². The molecule has 2 aromatic rings. The van der Waals surface area contributed by atoms with E-state index in [0.29, 0.717) is 5.69 Å². The first-order chi connectivity index (χ1) is 17.2. The number of carbonyl (C=O) groups excluding carboxylic acids is 3. The topological polar surface area (TPSA) is 98.7 Å². The van der Waals surface area contributed by atoms with Crippen LogP contribution in [-0.4, -0.2) is 57.4 Å². The molecule has 3 N–H and O–H groups in total. The highest BCUT2D eigenvalue weighted by atomic mass is 32.2. The van der Waals surface area contributed by atoms with Crippen LogP contribution in [0.3, 0.4) is 0 Å². The standard InChI is InChI=1S/C28H33N3O4S/c1-15-10-11-16(2)19(12-15)30-26(34)24-28-17(3)13-21(36-28)22(25(33)29-4)23(28)27(35)31(24)20(14-32)18-8-6-5-7-9-18/h5-12,17,20-24,32H,13-14H2,1-4H3,(H,29,33)(H,30,34)/t17?,20-,21-,22+,23+,24?,28?/m1/s1. The number of aliphatic hydroxyl groups is 1. The van der Waals surface area contributed by atoms with Gasteiger partial charge in [-0.25, -0.2) is 0 Å². The molecule has 3 heterocycles. The maximum absolute atomic E-state index is 14.3. The molecule has 190 valence electrons. The average molecular weight is 508 g/mol. The average Bonchev–Trinajstić information content (AvgIpc) is 3.46. The highest BCUT2D eigenvalue weighted by Gasteiger charge is 2.76. The van der Waals surface area contributed by atoms with Gasteiger partial charge in [-0.2, -0.15) is 0 Å². The van der Waals surface area contributed by atoms with E-state index in [4.69, 9.17) is 0 Å². The van der Waals surface area contributed by atoms with Gasteiger partial charge in [0.15, 0.2) is 0 Å². The first kappa shape index (κ1) is 24.8. The fraction of sp³-hybridized carbons (Fsp3) is 0.464. The SMILES string of the molecule is CNC(=O)[C@@H]1[C@H]2C(=O)N([C@H](CO)c3ccccc3)C(C(=O)Nc3cc(C)ccc3C)C23S[C@@H]1CC3C. The van der Waals surface area contributed by atoms with Gasteiger partial charge in [-0.05, 0) is 48.9 Å². The van der Waals surface area contributed by atoms with Crippen molar-refractivity contribution in [3.05, 3.63) is 65.2 Å². The van der Waals surface area contributed by atoms with Crippen LogP contribution in [0, 0.1) is 31.6 Å². The molecule has 0 saturated carbocycles. The van der Waals surface area contributed by atoms with E-state index in [-0.39, 0.29) is 35.5 Å². The van der Waals surface area contributed by atoms with Crippen molar-refractivity contribution >= 4 is 35.2 Å². The number of aryl methyl sites for hydroxylation is 2. The predicted octanol–water partition coefficient (Wildman–Crippen LogP) is 3.06. The molecule has 8 heteroatoms. The summed E-state index contributed by atoms with van der Waals surface area (Å²) in [5, 5.41) is 16.4. The molecule has 7 nitrogen and oxygen atoms in total. The number of hydrogen-bond acceptors (Lipinski definition) is 5. The summed E-state index contributed by atoms with van der Waals surface area (Å²) in [5.41, 5.74) is 3.42. The number of thioether (sulfide) groups is 1. The molecular formula is C28H33N3O4S. The lowest BCUT2D eigenvalue weighted by Gasteiger charge is -2.40. The van der Waals surface area contributed by atoms with Crippen LogP contribution in [0.1, 0.15) is 36.1 Å².